The van der Waals surface area contributed by atoms with Gasteiger partial charge in [-0.2, -0.15) is 5.10 Å². The lowest BCUT2D eigenvalue weighted by Crippen LogP contribution is -2.24. The van der Waals surface area contributed by atoms with Gasteiger partial charge in [0, 0.05) is 37.4 Å². The molecule has 0 bridgehead atoms. The van der Waals surface area contributed by atoms with Crippen molar-refractivity contribution in [3.05, 3.63) is 52.6 Å². The van der Waals surface area contributed by atoms with Crippen LogP contribution < -0.4 is 5.32 Å². The average Bonchev–Trinajstić information content (AvgIpc) is 2.88. The van der Waals surface area contributed by atoms with Crippen LogP contribution >= 0.6 is 0 Å². The topological polar surface area (TPSA) is 93.5 Å². The van der Waals surface area contributed by atoms with Crippen molar-refractivity contribution in [2.45, 2.75) is 13.2 Å². The molecule has 7 nitrogen and oxygen atoms in total. The first-order valence-electron chi connectivity index (χ1n) is 6.73. The molecule has 0 atom stereocenters. The van der Waals surface area contributed by atoms with Crippen LogP contribution in [0.2, 0.25) is 0 Å². The van der Waals surface area contributed by atoms with Gasteiger partial charge in [0.1, 0.15) is 5.82 Å². The van der Waals surface area contributed by atoms with Gasteiger partial charge < -0.3 is 15.2 Å². The number of methoxy groups -OCH3 is 1. The summed E-state index contributed by atoms with van der Waals surface area (Å²) >= 11 is 0. The van der Waals surface area contributed by atoms with Gasteiger partial charge in [0.05, 0.1) is 12.8 Å². The van der Waals surface area contributed by atoms with Crippen LogP contribution in [0.1, 0.15) is 32.0 Å². The van der Waals surface area contributed by atoms with Crippen LogP contribution in [0.3, 0.4) is 0 Å². The number of carbonyl (C=O) groups excluding carboxylic acids is 1. The number of rotatable bonds is 6. The van der Waals surface area contributed by atoms with Crippen molar-refractivity contribution in [3.63, 3.8) is 0 Å². The van der Waals surface area contributed by atoms with E-state index in [1.807, 2.05) is 0 Å². The number of nitrogens with one attached hydrogen (secondary N) is 1. The van der Waals surface area contributed by atoms with Crippen LogP contribution in [0, 0.1) is 5.82 Å². The first-order valence-corrected chi connectivity index (χ1v) is 6.73. The number of hydrogen-bond donors (Lipinski definition) is 2. The molecule has 122 valence electrons. The monoisotopic (exact) mass is 321 g/mol. The molecule has 0 spiro atoms. The molecule has 8 heteroatoms. The molecule has 0 radical (unpaired) electrons. The van der Waals surface area contributed by atoms with Crippen LogP contribution in [0.15, 0.2) is 24.4 Å². The Labute approximate surface area is 131 Å². The molecule has 0 fully saturated rings. The molecule has 0 aliphatic carbocycles. The zero-order valence-electron chi connectivity index (χ0n) is 12.7. The SMILES string of the molecule is COCc1ccc(C(=O)NCc2cnn(C)c2C(=O)O)cc1F. The number of carboxylic acid groups (broad SMARTS) is 1. The average molecular weight is 321 g/mol. The van der Waals surface area contributed by atoms with Gasteiger partial charge in [-0.25, -0.2) is 9.18 Å². The van der Waals surface area contributed by atoms with E-state index in [-0.39, 0.29) is 24.4 Å². The second-order valence-electron chi connectivity index (χ2n) is 4.87. The van der Waals surface area contributed by atoms with E-state index in [4.69, 9.17) is 9.84 Å². The van der Waals surface area contributed by atoms with Crippen molar-refractivity contribution in [1.82, 2.24) is 15.1 Å². The lowest BCUT2D eigenvalue weighted by Gasteiger charge is -2.07. The van der Waals surface area contributed by atoms with Gasteiger partial charge in [-0.1, -0.05) is 6.07 Å². The van der Waals surface area contributed by atoms with Crippen molar-refractivity contribution in [2.24, 2.45) is 7.05 Å². The normalized spacial score (nSPS) is 10.6. The minimum atomic E-state index is -1.13. The highest BCUT2D eigenvalue weighted by Gasteiger charge is 2.17. The third-order valence-electron chi connectivity index (χ3n) is 3.27. The van der Waals surface area contributed by atoms with Gasteiger partial charge >= 0.3 is 5.97 Å². The lowest BCUT2D eigenvalue weighted by molar-refractivity contribution is 0.0682. The summed E-state index contributed by atoms with van der Waals surface area (Å²) in [4.78, 5) is 23.2. The summed E-state index contributed by atoms with van der Waals surface area (Å²) in [6.07, 6.45) is 1.37. The standard InChI is InChI=1S/C15H16FN3O4/c1-19-13(15(21)22)11(7-18-19)6-17-14(20)9-3-4-10(8-23-2)12(16)5-9/h3-5,7H,6,8H2,1-2H3,(H,17,20)(H,21,22). The molecular weight excluding hydrogens is 305 g/mol. The Morgan fingerprint density at radius 3 is 2.74 bits per heavy atom. The number of nitrogens with zero attached hydrogens (tertiary/aromatic N) is 2. The highest BCUT2D eigenvalue weighted by Crippen LogP contribution is 2.12. The van der Waals surface area contributed by atoms with E-state index in [2.05, 4.69) is 10.4 Å². The van der Waals surface area contributed by atoms with Crippen molar-refractivity contribution in [3.8, 4) is 0 Å². The van der Waals surface area contributed by atoms with E-state index in [1.165, 1.54) is 37.2 Å². The maximum atomic E-state index is 13.8. The maximum Gasteiger partial charge on any atom is 0.354 e. The smallest absolute Gasteiger partial charge is 0.354 e. The number of aryl methyl sites for hydroxylation is 1. The number of aromatic carboxylic acids is 1. The highest BCUT2D eigenvalue weighted by atomic mass is 19.1. The highest BCUT2D eigenvalue weighted by molar-refractivity contribution is 5.94. The molecule has 2 rings (SSSR count). The first kappa shape index (κ1) is 16.6. The van der Waals surface area contributed by atoms with Gasteiger partial charge in [-0.15, -0.1) is 0 Å². The van der Waals surface area contributed by atoms with Gasteiger partial charge in [0.25, 0.3) is 5.91 Å². The Kier molecular flexibility index (Phi) is 5.07. The van der Waals surface area contributed by atoms with Crippen LogP contribution in [-0.4, -0.2) is 33.9 Å². The van der Waals surface area contributed by atoms with Crippen LogP contribution in [0.25, 0.3) is 0 Å². The molecule has 0 aliphatic heterocycles. The molecule has 1 aromatic heterocycles. The third-order valence-corrected chi connectivity index (χ3v) is 3.27. The third kappa shape index (κ3) is 3.72. The second kappa shape index (κ2) is 7.01. The summed E-state index contributed by atoms with van der Waals surface area (Å²) in [6.45, 7) is 0.0984. The Morgan fingerprint density at radius 2 is 2.13 bits per heavy atom. The molecule has 1 aromatic carbocycles. The zero-order chi connectivity index (χ0) is 17.0. The Balaban J connectivity index is 2.08. The summed E-state index contributed by atoms with van der Waals surface area (Å²) in [6, 6.07) is 4.07. The van der Waals surface area contributed by atoms with E-state index in [0.29, 0.717) is 11.1 Å². The molecule has 0 unspecified atom stereocenters. The number of hydrogen-bond acceptors (Lipinski definition) is 4. The lowest BCUT2D eigenvalue weighted by atomic mass is 10.1. The van der Waals surface area contributed by atoms with Crippen molar-refractivity contribution in [2.75, 3.05) is 7.11 Å². The number of halogens is 1. The molecule has 0 saturated carbocycles. The molecule has 0 aliphatic rings. The van der Waals surface area contributed by atoms with Crippen LogP contribution in [0.4, 0.5) is 4.39 Å². The van der Waals surface area contributed by atoms with Crippen molar-refractivity contribution < 1.29 is 23.8 Å². The largest absolute Gasteiger partial charge is 0.477 e. The Hall–Kier alpha value is -2.74. The predicted octanol–water partition coefficient (Wildman–Crippen LogP) is 1.33. The van der Waals surface area contributed by atoms with E-state index in [0.717, 1.165) is 6.07 Å². The Morgan fingerprint density at radius 1 is 1.39 bits per heavy atom. The second-order valence-corrected chi connectivity index (χ2v) is 4.87. The summed E-state index contributed by atoms with van der Waals surface area (Å²) in [5.74, 6) is -2.18. The van der Waals surface area contributed by atoms with Gasteiger partial charge in [0.2, 0.25) is 0 Å². The molecule has 1 amide bonds. The number of carboxylic acids is 1. The van der Waals surface area contributed by atoms with Crippen LogP contribution in [0.5, 0.6) is 0 Å². The zero-order valence-corrected chi connectivity index (χ0v) is 12.7. The van der Waals surface area contributed by atoms with E-state index >= 15 is 0 Å². The van der Waals surface area contributed by atoms with Crippen molar-refractivity contribution in [1.29, 1.82) is 0 Å². The minimum Gasteiger partial charge on any atom is -0.477 e. The number of ether oxygens (including phenoxy) is 1. The summed E-state index contributed by atoms with van der Waals surface area (Å²) in [5, 5.41) is 15.5. The minimum absolute atomic E-state index is 0.00748. The summed E-state index contributed by atoms with van der Waals surface area (Å²) in [5.41, 5.74) is 0.851. The first-order chi connectivity index (χ1) is 10.9. The fourth-order valence-corrected chi connectivity index (χ4v) is 2.13. The summed E-state index contributed by atoms with van der Waals surface area (Å²) < 4.78 is 19.8. The summed E-state index contributed by atoms with van der Waals surface area (Å²) in [7, 11) is 2.95. The Bertz CT molecular complexity index is 742. The molecule has 1 heterocycles. The maximum absolute atomic E-state index is 13.8. The van der Waals surface area contributed by atoms with Gasteiger partial charge in [-0.3, -0.25) is 9.48 Å². The molecular formula is C15H16FN3O4. The number of aromatic nitrogens is 2. The molecule has 2 aromatic rings. The molecule has 23 heavy (non-hydrogen) atoms. The van der Waals surface area contributed by atoms with E-state index in [1.54, 1.807) is 0 Å². The van der Waals surface area contributed by atoms with Crippen LogP contribution in [-0.2, 0) is 24.9 Å². The molecule has 0 saturated heterocycles. The number of benzene rings is 1. The van der Waals surface area contributed by atoms with E-state index in [9.17, 15) is 14.0 Å². The fourth-order valence-electron chi connectivity index (χ4n) is 2.13. The molecule has 2 N–H and O–H groups in total. The quantitative estimate of drug-likeness (QED) is 0.837. The van der Waals surface area contributed by atoms with Crippen molar-refractivity contribution >= 4 is 11.9 Å². The fraction of sp³-hybridized carbons (Fsp3) is 0.267. The van der Waals surface area contributed by atoms with E-state index < -0.39 is 17.7 Å². The number of amides is 1. The predicted molar refractivity (Wildman–Crippen MR) is 78.5 cm³/mol. The van der Waals surface area contributed by atoms with Gasteiger partial charge in [-0.05, 0) is 12.1 Å². The number of carbonyl (C=O) groups is 2. The van der Waals surface area contributed by atoms with Gasteiger partial charge in [0.15, 0.2) is 5.69 Å².